The number of ether oxygens (including phenoxy) is 1. The highest BCUT2D eigenvalue weighted by atomic mass is 16.5. The lowest BCUT2D eigenvalue weighted by atomic mass is 9.67. The maximum atomic E-state index is 5.90. The van der Waals surface area contributed by atoms with Crippen molar-refractivity contribution in [2.24, 2.45) is 11.3 Å². The standard InChI is InChI=1S/C13H24O/c1-4-11-5-7-13(8-6-11)9-12(2,3)14-10-13/h11H,4-10H2,1-3H3/t11-,13-. The summed E-state index contributed by atoms with van der Waals surface area (Å²) in [6.45, 7) is 7.84. The summed E-state index contributed by atoms with van der Waals surface area (Å²) in [7, 11) is 0. The fourth-order valence-corrected chi connectivity index (χ4v) is 3.37. The average molecular weight is 196 g/mol. The Kier molecular flexibility index (Phi) is 2.63. The van der Waals surface area contributed by atoms with Crippen molar-refractivity contribution in [3.8, 4) is 0 Å². The molecule has 1 aliphatic carbocycles. The van der Waals surface area contributed by atoms with Crippen molar-refractivity contribution in [2.45, 2.75) is 64.9 Å². The largest absolute Gasteiger partial charge is 0.375 e. The Labute approximate surface area is 88.2 Å². The minimum atomic E-state index is 0.152. The van der Waals surface area contributed by atoms with E-state index in [1.807, 2.05) is 0 Å². The Morgan fingerprint density at radius 1 is 1.21 bits per heavy atom. The van der Waals surface area contributed by atoms with Gasteiger partial charge in [-0.3, -0.25) is 0 Å². The second-order valence-electron chi connectivity index (χ2n) is 6.08. The van der Waals surface area contributed by atoms with Crippen LogP contribution in [0.2, 0.25) is 0 Å². The SMILES string of the molecule is CC[C@H]1CC[C@@]2(CC1)COC(C)(C)C2. The number of rotatable bonds is 1. The molecule has 0 N–H and O–H groups in total. The quantitative estimate of drug-likeness (QED) is 0.620. The summed E-state index contributed by atoms with van der Waals surface area (Å²) < 4.78 is 5.90. The van der Waals surface area contributed by atoms with E-state index in [9.17, 15) is 0 Å². The summed E-state index contributed by atoms with van der Waals surface area (Å²) in [6, 6.07) is 0. The van der Waals surface area contributed by atoms with Crippen molar-refractivity contribution in [1.29, 1.82) is 0 Å². The van der Waals surface area contributed by atoms with Crippen LogP contribution in [0.5, 0.6) is 0 Å². The Bertz CT molecular complexity index is 199. The third kappa shape index (κ3) is 1.98. The summed E-state index contributed by atoms with van der Waals surface area (Å²) in [5, 5.41) is 0. The molecule has 2 fully saturated rings. The highest BCUT2D eigenvalue weighted by molar-refractivity contribution is 4.95. The van der Waals surface area contributed by atoms with E-state index in [4.69, 9.17) is 4.74 Å². The maximum absolute atomic E-state index is 5.90. The molecule has 1 aliphatic heterocycles. The van der Waals surface area contributed by atoms with Crippen LogP contribution in [-0.4, -0.2) is 12.2 Å². The molecule has 1 nitrogen and oxygen atoms in total. The first-order valence-corrected chi connectivity index (χ1v) is 6.19. The first-order chi connectivity index (χ1) is 6.55. The van der Waals surface area contributed by atoms with Gasteiger partial charge in [0.05, 0.1) is 12.2 Å². The van der Waals surface area contributed by atoms with Crippen molar-refractivity contribution in [3.05, 3.63) is 0 Å². The molecule has 1 heterocycles. The molecule has 0 aromatic rings. The molecule has 2 aliphatic rings. The second kappa shape index (κ2) is 3.52. The fourth-order valence-electron chi connectivity index (χ4n) is 3.37. The van der Waals surface area contributed by atoms with E-state index >= 15 is 0 Å². The van der Waals surface area contributed by atoms with Crippen LogP contribution in [-0.2, 0) is 4.74 Å². The molecule has 82 valence electrons. The van der Waals surface area contributed by atoms with Crippen LogP contribution < -0.4 is 0 Å². The lowest BCUT2D eigenvalue weighted by Gasteiger charge is -2.36. The van der Waals surface area contributed by atoms with Crippen LogP contribution in [0, 0.1) is 11.3 Å². The van der Waals surface area contributed by atoms with E-state index in [1.165, 1.54) is 38.5 Å². The fraction of sp³-hybridized carbons (Fsp3) is 1.00. The van der Waals surface area contributed by atoms with Crippen molar-refractivity contribution in [1.82, 2.24) is 0 Å². The predicted molar refractivity (Wildman–Crippen MR) is 59.3 cm³/mol. The smallest absolute Gasteiger partial charge is 0.0632 e. The van der Waals surface area contributed by atoms with Gasteiger partial charge in [-0.15, -0.1) is 0 Å². The molecule has 0 aromatic heterocycles. The van der Waals surface area contributed by atoms with Gasteiger partial charge in [0, 0.05) is 0 Å². The predicted octanol–water partition coefficient (Wildman–Crippen LogP) is 3.77. The molecule has 2 rings (SSSR count). The van der Waals surface area contributed by atoms with Crippen molar-refractivity contribution < 1.29 is 4.74 Å². The Hall–Kier alpha value is -0.0400. The monoisotopic (exact) mass is 196 g/mol. The van der Waals surface area contributed by atoms with Gasteiger partial charge in [-0.1, -0.05) is 13.3 Å². The van der Waals surface area contributed by atoms with E-state index in [0.717, 1.165) is 12.5 Å². The van der Waals surface area contributed by atoms with Crippen LogP contribution >= 0.6 is 0 Å². The molecule has 0 amide bonds. The lowest BCUT2D eigenvalue weighted by Crippen LogP contribution is -2.29. The van der Waals surface area contributed by atoms with Gasteiger partial charge in [-0.05, 0) is 57.3 Å². The van der Waals surface area contributed by atoms with Crippen LogP contribution in [0.15, 0.2) is 0 Å². The molecule has 0 radical (unpaired) electrons. The Morgan fingerprint density at radius 3 is 2.29 bits per heavy atom. The maximum Gasteiger partial charge on any atom is 0.0632 e. The summed E-state index contributed by atoms with van der Waals surface area (Å²) in [4.78, 5) is 0. The highest BCUT2D eigenvalue weighted by Gasteiger charge is 2.45. The molecule has 0 bridgehead atoms. The van der Waals surface area contributed by atoms with Crippen molar-refractivity contribution in [3.63, 3.8) is 0 Å². The number of hydrogen-bond acceptors (Lipinski definition) is 1. The molecule has 0 unspecified atom stereocenters. The van der Waals surface area contributed by atoms with Gasteiger partial charge in [-0.2, -0.15) is 0 Å². The van der Waals surface area contributed by atoms with Crippen molar-refractivity contribution in [2.75, 3.05) is 6.61 Å². The molecular formula is C13H24O. The average Bonchev–Trinajstić information content (AvgIpc) is 2.44. The molecule has 1 spiro atoms. The number of hydrogen-bond donors (Lipinski definition) is 0. The molecule has 0 atom stereocenters. The van der Waals surface area contributed by atoms with E-state index in [-0.39, 0.29) is 5.60 Å². The first-order valence-electron chi connectivity index (χ1n) is 6.19. The van der Waals surface area contributed by atoms with Gasteiger partial charge >= 0.3 is 0 Å². The molecular weight excluding hydrogens is 172 g/mol. The van der Waals surface area contributed by atoms with Crippen LogP contribution in [0.3, 0.4) is 0 Å². The van der Waals surface area contributed by atoms with Gasteiger partial charge in [0.15, 0.2) is 0 Å². The summed E-state index contributed by atoms with van der Waals surface area (Å²) in [6.07, 6.45) is 8.37. The molecule has 1 saturated carbocycles. The zero-order valence-electron chi connectivity index (χ0n) is 9.94. The molecule has 1 heteroatoms. The Morgan fingerprint density at radius 2 is 1.86 bits per heavy atom. The third-order valence-corrected chi connectivity index (χ3v) is 4.31. The van der Waals surface area contributed by atoms with Gasteiger partial charge < -0.3 is 4.74 Å². The van der Waals surface area contributed by atoms with Gasteiger partial charge in [0.1, 0.15) is 0 Å². The third-order valence-electron chi connectivity index (χ3n) is 4.31. The topological polar surface area (TPSA) is 9.23 Å². The van der Waals surface area contributed by atoms with Gasteiger partial charge in [0.2, 0.25) is 0 Å². The summed E-state index contributed by atoms with van der Waals surface area (Å²) >= 11 is 0. The Balaban J connectivity index is 1.94. The zero-order chi connectivity index (χ0) is 10.2. The van der Waals surface area contributed by atoms with Crippen LogP contribution in [0.4, 0.5) is 0 Å². The van der Waals surface area contributed by atoms with E-state index in [1.54, 1.807) is 0 Å². The highest BCUT2D eigenvalue weighted by Crippen LogP contribution is 2.50. The molecule has 0 aromatic carbocycles. The van der Waals surface area contributed by atoms with E-state index < -0.39 is 0 Å². The van der Waals surface area contributed by atoms with E-state index in [0.29, 0.717) is 5.41 Å². The second-order valence-corrected chi connectivity index (χ2v) is 6.08. The normalized spacial score (nSPS) is 41.8. The lowest BCUT2D eigenvalue weighted by molar-refractivity contribution is 0.0270. The summed E-state index contributed by atoms with van der Waals surface area (Å²) in [5.41, 5.74) is 0.716. The van der Waals surface area contributed by atoms with Crippen LogP contribution in [0.25, 0.3) is 0 Å². The van der Waals surface area contributed by atoms with Gasteiger partial charge in [0.25, 0.3) is 0 Å². The van der Waals surface area contributed by atoms with Gasteiger partial charge in [-0.25, -0.2) is 0 Å². The minimum Gasteiger partial charge on any atom is -0.375 e. The minimum absolute atomic E-state index is 0.152. The molecule has 14 heavy (non-hydrogen) atoms. The zero-order valence-corrected chi connectivity index (χ0v) is 9.94. The molecule has 1 saturated heterocycles. The first kappa shape index (κ1) is 10.5. The van der Waals surface area contributed by atoms with E-state index in [2.05, 4.69) is 20.8 Å². The van der Waals surface area contributed by atoms with Crippen LogP contribution in [0.1, 0.15) is 59.3 Å². The summed E-state index contributed by atoms with van der Waals surface area (Å²) in [5.74, 6) is 1.00. The van der Waals surface area contributed by atoms with Crippen molar-refractivity contribution >= 4 is 0 Å².